The lowest BCUT2D eigenvalue weighted by Gasteiger charge is -2.36. The monoisotopic (exact) mass is 279 g/mol. The Balaban J connectivity index is 1.87. The van der Waals surface area contributed by atoms with Gasteiger partial charge in [0.05, 0.1) is 0 Å². The van der Waals surface area contributed by atoms with Gasteiger partial charge in [-0.2, -0.15) is 0 Å². The van der Waals surface area contributed by atoms with Crippen LogP contribution in [0.5, 0.6) is 0 Å². The number of hydrogen-bond acceptors (Lipinski definition) is 2. The summed E-state index contributed by atoms with van der Waals surface area (Å²) in [4.78, 5) is 14.6. The summed E-state index contributed by atoms with van der Waals surface area (Å²) in [6.07, 6.45) is 3.07. The van der Waals surface area contributed by atoms with Gasteiger partial charge in [-0.3, -0.25) is 4.79 Å². The Labute approximate surface area is 120 Å². The minimum absolute atomic E-state index is 0.188. The fraction of sp³-hybridized carbons (Fsp3) is 0.562. The van der Waals surface area contributed by atoms with E-state index in [0.717, 1.165) is 24.6 Å². The Bertz CT molecular complexity index is 446. The molecule has 2 atom stereocenters. The number of nitrogens with zero attached hydrogens (tertiary/aromatic N) is 1. The standard InChI is InChI=1S/C16H22ClNO/c1-12-6-8-18(13(2)10-12)9-7-16(19)14-4-3-5-15(17)11-14/h3-5,11-13H,6-10H2,1-2H3. The van der Waals surface area contributed by atoms with Crippen LogP contribution in [0.15, 0.2) is 24.3 Å². The first-order chi connectivity index (χ1) is 9.06. The van der Waals surface area contributed by atoms with E-state index in [-0.39, 0.29) is 5.78 Å². The lowest BCUT2D eigenvalue weighted by Crippen LogP contribution is -2.41. The van der Waals surface area contributed by atoms with Gasteiger partial charge in [0.15, 0.2) is 5.78 Å². The van der Waals surface area contributed by atoms with Crippen molar-refractivity contribution in [3.05, 3.63) is 34.9 Å². The first kappa shape index (κ1) is 14.5. The molecule has 0 radical (unpaired) electrons. The highest BCUT2D eigenvalue weighted by atomic mass is 35.5. The maximum atomic E-state index is 12.1. The zero-order valence-electron chi connectivity index (χ0n) is 11.7. The van der Waals surface area contributed by atoms with Gasteiger partial charge in [-0.1, -0.05) is 30.7 Å². The number of rotatable bonds is 4. The van der Waals surface area contributed by atoms with Crippen molar-refractivity contribution in [3.8, 4) is 0 Å². The number of halogens is 1. The van der Waals surface area contributed by atoms with E-state index in [9.17, 15) is 4.79 Å². The number of likely N-dealkylation sites (tertiary alicyclic amines) is 1. The summed E-state index contributed by atoms with van der Waals surface area (Å²) >= 11 is 5.91. The van der Waals surface area contributed by atoms with Gasteiger partial charge in [0.2, 0.25) is 0 Å². The van der Waals surface area contributed by atoms with E-state index < -0.39 is 0 Å². The summed E-state index contributed by atoms with van der Waals surface area (Å²) in [5, 5.41) is 0.631. The van der Waals surface area contributed by atoms with Crippen LogP contribution in [0.4, 0.5) is 0 Å². The van der Waals surface area contributed by atoms with E-state index in [1.807, 2.05) is 12.1 Å². The van der Waals surface area contributed by atoms with Gasteiger partial charge in [-0.25, -0.2) is 0 Å². The van der Waals surface area contributed by atoms with E-state index in [1.165, 1.54) is 12.8 Å². The van der Waals surface area contributed by atoms with E-state index in [2.05, 4.69) is 18.7 Å². The molecule has 0 spiro atoms. The molecule has 3 heteroatoms. The van der Waals surface area contributed by atoms with Crippen molar-refractivity contribution < 1.29 is 4.79 Å². The lowest BCUT2D eigenvalue weighted by molar-refractivity contribution is 0.0910. The highest BCUT2D eigenvalue weighted by Crippen LogP contribution is 2.22. The van der Waals surface area contributed by atoms with Crippen LogP contribution in [-0.2, 0) is 0 Å². The molecule has 104 valence electrons. The fourth-order valence-corrected chi connectivity index (χ4v) is 3.03. The molecule has 1 aromatic rings. The average molecular weight is 280 g/mol. The summed E-state index contributed by atoms with van der Waals surface area (Å²) in [6.45, 7) is 6.55. The Kier molecular flexibility index (Phi) is 5.00. The molecule has 1 heterocycles. The van der Waals surface area contributed by atoms with Crippen molar-refractivity contribution in [2.75, 3.05) is 13.1 Å². The molecule has 1 aliphatic rings. The molecule has 2 rings (SSSR count). The maximum Gasteiger partial charge on any atom is 0.164 e. The summed E-state index contributed by atoms with van der Waals surface area (Å²) < 4.78 is 0. The summed E-state index contributed by atoms with van der Waals surface area (Å²) in [7, 11) is 0. The molecule has 0 bridgehead atoms. The smallest absolute Gasteiger partial charge is 0.164 e. The normalized spacial score (nSPS) is 24.4. The van der Waals surface area contributed by atoms with Gasteiger partial charge in [0, 0.05) is 29.6 Å². The van der Waals surface area contributed by atoms with E-state index in [4.69, 9.17) is 11.6 Å². The average Bonchev–Trinajstić information content (AvgIpc) is 2.37. The van der Waals surface area contributed by atoms with Gasteiger partial charge in [0.1, 0.15) is 0 Å². The zero-order valence-corrected chi connectivity index (χ0v) is 12.5. The lowest BCUT2D eigenvalue weighted by atomic mass is 9.93. The number of benzene rings is 1. The number of hydrogen-bond donors (Lipinski definition) is 0. The Hall–Kier alpha value is -0.860. The van der Waals surface area contributed by atoms with Crippen molar-refractivity contribution >= 4 is 17.4 Å². The van der Waals surface area contributed by atoms with Gasteiger partial charge in [-0.15, -0.1) is 0 Å². The molecule has 0 aromatic heterocycles. The first-order valence-corrected chi connectivity index (χ1v) is 7.47. The number of carbonyl (C=O) groups is 1. The zero-order chi connectivity index (χ0) is 13.8. The second kappa shape index (κ2) is 6.53. The van der Waals surface area contributed by atoms with Crippen molar-refractivity contribution in [3.63, 3.8) is 0 Å². The summed E-state index contributed by atoms with van der Waals surface area (Å²) in [6, 6.07) is 7.82. The minimum Gasteiger partial charge on any atom is -0.300 e. The quantitative estimate of drug-likeness (QED) is 0.776. The highest BCUT2D eigenvalue weighted by molar-refractivity contribution is 6.31. The Morgan fingerprint density at radius 3 is 2.89 bits per heavy atom. The molecule has 2 nitrogen and oxygen atoms in total. The third kappa shape index (κ3) is 4.05. The number of Topliss-reactive ketones (excluding diaryl/α,β-unsaturated/α-hetero) is 1. The summed E-state index contributed by atoms with van der Waals surface area (Å²) in [5.74, 6) is 1.00. The van der Waals surface area contributed by atoms with E-state index in [0.29, 0.717) is 17.5 Å². The van der Waals surface area contributed by atoms with Crippen LogP contribution < -0.4 is 0 Å². The molecule has 1 aromatic carbocycles. The molecule has 1 fully saturated rings. The number of ketones is 1. The molecule has 1 aliphatic heterocycles. The molecular weight excluding hydrogens is 258 g/mol. The van der Waals surface area contributed by atoms with Crippen LogP contribution in [-0.4, -0.2) is 29.8 Å². The third-order valence-electron chi connectivity index (χ3n) is 4.05. The molecule has 0 aliphatic carbocycles. The predicted octanol–water partition coefficient (Wildman–Crippen LogP) is 4.03. The van der Waals surface area contributed by atoms with E-state index >= 15 is 0 Å². The minimum atomic E-state index is 0.188. The molecule has 0 saturated carbocycles. The number of carbonyl (C=O) groups excluding carboxylic acids is 1. The highest BCUT2D eigenvalue weighted by Gasteiger charge is 2.23. The van der Waals surface area contributed by atoms with E-state index in [1.54, 1.807) is 12.1 Å². The molecule has 2 unspecified atom stereocenters. The SMILES string of the molecule is CC1CCN(CCC(=O)c2cccc(Cl)c2)C(C)C1. The van der Waals surface area contributed by atoms with Gasteiger partial charge < -0.3 is 4.90 Å². The van der Waals surface area contributed by atoms with Crippen LogP contribution >= 0.6 is 11.6 Å². The topological polar surface area (TPSA) is 20.3 Å². The van der Waals surface area contributed by atoms with Crippen LogP contribution in [0.2, 0.25) is 5.02 Å². The second-order valence-electron chi connectivity index (χ2n) is 5.70. The summed E-state index contributed by atoms with van der Waals surface area (Å²) in [5.41, 5.74) is 0.727. The van der Waals surface area contributed by atoms with Crippen LogP contribution in [0, 0.1) is 5.92 Å². The molecular formula is C16H22ClNO. The van der Waals surface area contributed by atoms with Crippen molar-refractivity contribution in [2.45, 2.75) is 39.2 Å². The molecule has 0 amide bonds. The predicted molar refractivity (Wildman–Crippen MR) is 79.8 cm³/mol. The van der Waals surface area contributed by atoms with Gasteiger partial charge in [0.25, 0.3) is 0 Å². The van der Waals surface area contributed by atoms with Crippen molar-refractivity contribution in [1.82, 2.24) is 4.90 Å². The molecule has 1 saturated heterocycles. The van der Waals surface area contributed by atoms with Crippen LogP contribution in [0.1, 0.15) is 43.5 Å². The molecule has 0 N–H and O–H groups in total. The first-order valence-electron chi connectivity index (χ1n) is 7.09. The van der Waals surface area contributed by atoms with Crippen molar-refractivity contribution in [2.24, 2.45) is 5.92 Å². The van der Waals surface area contributed by atoms with Crippen molar-refractivity contribution in [1.29, 1.82) is 0 Å². The molecule has 19 heavy (non-hydrogen) atoms. The Morgan fingerprint density at radius 1 is 1.42 bits per heavy atom. The van der Waals surface area contributed by atoms with Crippen LogP contribution in [0.25, 0.3) is 0 Å². The van der Waals surface area contributed by atoms with Crippen LogP contribution in [0.3, 0.4) is 0 Å². The second-order valence-corrected chi connectivity index (χ2v) is 6.13. The number of piperidine rings is 1. The maximum absolute atomic E-state index is 12.1. The van der Waals surface area contributed by atoms with Gasteiger partial charge in [-0.05, 0) is 44.4 Å². The largest absolute Gasteiger partial charge is 0.300 e. The third-order valence-corrected chi connectivity index (χ3v) is 4.28. The van der Waals surface area contributed by atoms with Gasteiger partial charge >= 0.3 is 0 Å². The fourth-order valence-electron chi connectivity index (χ4n) is 2.84. The Morgan fingerprint density at radius 2 is 2.21 bits per heavy atom.